The van der Waals surface area contributed by atoms with Crippen molar-refractivity contribution in [3.05, 3.63) is 71.5 Å². The van der Waals surface area contributed by atoms with Gasteiger partial charge in [-0.1, -0.05) is 30.3 Å². The maximum absolute atomic E-state index is 13.0. The molecule has 32 heavy (non-hydrogen) atoms. The Bertz CT molecular complexity index is 967. The van der Waals surface area contributed by atoms with Crippen molar-refractivity contribution >= 4 is 17.7 Å². The molecule has 3 N–H and O–H groups in total. The zero-order valence-electron chi connectivity index (χ0n) is 17.7. The minimum Gasteiger partial charge on any atom is -0.353 e. The van der Waals surface area contributed by atoms with Gasteiger partial charge >= 0.3 is 0 Å². The van der Waals surface area contributed by atoms with E-state index in [0.717, 1.165) is 5.56 Å². The summed E-state index contributed by atoms with van der Waals surface area (Å²) < 4.78 is 13.0. The van der Waals surface area contributed by atoms with Crippen molar-refractivity contribution in [2.24, 2.45) is 0 Å². The van der Waals surface area contributed by atoms with Crippen LogP contribution in [0.4, 0.5) is 4.39 Å². The third-order valence-corrected chi connectivity index (χ3v) is 6.10. The molecule has 2 aliphatic rings. The van der Waals surface area contributed by atoms with Crippen molar-refractivity contribution in [2.45, 2.75) is 43.9 Å². The van der Waals surface area contributed by atoms with E-state index in [-0.39, 0.29) is 41.7 Å². The van der Waals surface area contributed by atoms with Crippen LogP contribution in [-0.2, 0) is 16.1 Å². The van der Waals surface area contributed by atoms with Gasteiger partial charge in [-0.15, -0.1) is 0 Å². The van der Waals surface area contributed by atoms with Gasteiger partial charge in [-0.2, -0.15) is 0 Å². The summed E-state index contributed by atoms with van der Waals surface area (Å²) in [6, 6.07) is 14.7. The van der Waals surface area contributed by atoms with Crippen LogP contribution in [-0.4, -0.2) is 53.8 Å². The maximum Gasteiger partial charge on any atom is 0.251 e. The summed E-state index contributed by atoms with van der Waals surface area (Å²) >= 11 is 0. The van der Waals surface area contributed by atoms with Crippen LogP contribution in [0.3, 0.4) is 0 Å². The minimum atomic E-state index is -0.308. The number of piperazine rings is 1. The van der Waals surface area contributed by atoms with Crippen LogP contribution < -0.4 is 16.0 Å². The molecule has 0 radical (unpaired) electrons. The van der Waals surface area contributed by atoms with Crippen molar-refractivity contribution in [3.8, 4) is 0 Å². The molecule has 0 aliphatic carbocycles. The number of halogens is 1. The molecular weight excluding hydrogens is 411 g/mol. The molecule has 0 aromatic heterocycles. The van der Waals surface area contributed by atoms with E-state index in [2.05, 4.69) is 20.9 Å². The average molecular weight is 439 g/mol. The molecule has 3 unspecified atom stereocenters. The lowest BCUT2D eigenvalue weighted by Crippen LogP contribution is -2.58. The number of hydrogen-bond donors (Lipinski definition) is 3. The van der Waals surface area contributed by atoms with Gasteiger partial charge in [0.25, 0.3) is 5.91 Å². The normalized spacial score (nSPS) is 22.7. The second-order valence-corrected chi connectivity index (χ2v) is 8.33. The van der Waals surface area contributed by atoms with E-state index in [1.807, 2.05) is 18.2 Å². The van der Waals surface area contributed by atoms with E-state index in [0.29, 0.717) is 44.5 Å². The standard InChI is InChI=1S/C24H27FN4O3/c25-18-8-6-16(7-9-18)13-26-22(30)11-10-20-14-27-24(32)21-12-19(15-29(20)21)28-23(31)17-4-2-1-3-5-17/h1-9,19-21H,10-15H2,(H,26,30)(H,27,32)(H,28,31). The number of amides is 3. The molecule has 8 heteroatoms. The molecule has 2 aromatic rings. The molecule has 3 amide bonds. The zero-order valence-corrected chi connectivity index (χ0v) is 17.7. The van der Waals surface area contributed by atoms with Gasteiger partial charge in [0, 0.05) is 43.7 Å². The molecular formula is C24H27FN4O3. The summed E-state index contributed by atoms with van der Waals surface area (Å²) in [6.45, 7) is 1.42. The molecule has 0 bridgehead atoms. The van der Waals surface area contributed by atoms with Crippen molar-refractivity contribution in [3.63, 3.8) is 0 Å². The number of nitrogens with zero attached hydrogens (tertiary/aromatic N) is 1. The first-order chi connectivity index (χ1) is 15.5. The fourth-order valence-corrected chi connectivity index (χ4v) is 4.40. The van der Waals surface area contributed by atoms with Crippen molar-refractivity contribution in [2.75, 3.05) is 13.1 Å². The van der Waals surface area contributed by atoms with E-state index in [4.69, 9.17) is 0 Å². The molecule has 168 valence electrons. The number of hydrogen-bond acceptors (Lipinski definition) is 4. The monoisotopic (exact) mass is 438 g/mol. The molecule has 2 aliphatic heterocycles. The molecule has 0 saturated carbocycles. The fraction of sp³-hybridized carbons (Fsp3) is 0.375. The van der Waals surface area contributed by atoms with Crippen LogP contribution in [0, 0.1) is 5.82 Å². The lowest BCUT2D eigenvalue weighted by Gasteiger charge is -2.37. The van der Waals surface area contributed by atoms with E-state index in [1.165, 1.54) is 12.1 Å². The summed E-state index contributed by atoms with van der Waals surface area (Å²) in [7, 11) is 0. The van der Waals surface area contributed by atoms with Gasteiger partial charge in [-0.3, -0.25) is 19.3 Å². The average Bonchev–Trinajstić information content (AvgIpc) is 3.23. The van der Waals surface area contributed by atoms with Crippen LogP contribution in [0.2, 0.25) is 0 Å². The second-order valence-electron chi connectivity index (χ2n) is 8.33. The van der Waals surface area contributed by atoms with Crippen LogP contribution in [0.1, 0.15) is 35.2 Å². The predicted octanol–water partition coefficient (Wildman–Crippen LogP) is 1.59. The summed E-state index contributed by atoms with van der Waals surface area (Å²) in [5.74, 6) is -0.570. The van der Waals surface area contributed by atoms with Crippen molar-refractivity contribution in [1.82, 2.24) is 20.9 Å². The number of fused-ring (bicyclic) bond motifs is 1. The van der Waals surface area contributed by atoms with Gasteiger partial charge in [0.1, 0.15) is 5.82 Å². The Kier molecular flexibility index (Phi) is 6.80. The van der Waals surface area contributed by atoms with Crippen LogP contribution in [0.5, 0.6) is 0 Å². The SMILES string of the molecule is O=C(CCC1CNC(=O)C2CC(NC(=O)c3ccccc3)CN12)NCc1ccc(F)cc1. The van der Waals surface area contributed by atoms with Crippen LogP contribution in [0.15, 0.2) is 54.6 Å². The van der Waals surface area contributed by atoms with Gasteiger partial charge in [-0.05, 0) is 42.7 Å². The molecule has 0 spiro atoms. The van der Waals surface area contributed by atoms with E-state index < -0.39 is 0 Å². The Morgan fingerprint density at radius 3 is 2.59 bits per heavy atom. The first kappa shape index (κ1) is 22.0. The molecule has 2 heterocycles. The van der Waals surface area contributed by atoms with Crippen molar-refractivity contribution < 1.29 is 18.8 Å². The lowest BCUT2D eigenvalue weighted by atomic mass is 10.0. The van der Waals surface area contributed by atoms with E-state index in [9.17, 15) is 18.8 Å². The molecule has 2 fully saturated rings. The Morgan fingerprint density at radius 1 is 1.09 bits per heavy atom. The number of carbonyl (C=O) groups excluding carboxylic acids is 3. The summed E-state index contributed by atoms with van der Waals surface area (Å²) in [6.07, 6.45) is 1.48. The summed E-state index contributed by atoms with van der Waals surface area (Å²) in [4.78, 5) is 39.3. The van der Waals surface area contributed by atoms with Gasteiger partial charge in [-0.25, -0.2) is 4.39 Å². The number of nitrogens with one attached hydrogen (secondary N) is 3. The molecule has 2 aromatic carbocycles. The Hall–Kier alpha value is -3.26. The maximum atomic E-state index is 13.0. The predicted molar refractivity (Wildman–Crippen MR) is 117 cm³/mol. The smallest absolute Gasteiger partial charge is 0.251 e. The van der Waals surface area contributed by atoms with E-state index in [1.54, 1.807) is 24.3 Å². The Labute approximate surface area is 186 Å². The molecule has 2 saturated heterocycles. The highest BCUT2D eigenvalue weighted by atomic mass is 19.1. The van der Waals surface area contributed by atoms with E-state index >= 15 is 0 Å². The van der Waals surface area contributed by atoms with Gasteiger partial charge in [0.15, 0.2) is 0 Å². The largest absolute Gasteiger partial charge is 0.353 e. The van der Waals surface area contributed by atoms with Gasteiger partial charge in [0.2, 0.25) is 11.8 Å². The number of rotatable bonds is 7. The quantitative estimate of drug-likeness (QED) is 0.613. The third-order valence-electron chi connectivity index (χ3n) is 6.10. The fourth-order valence-electron chi connectivity index (χ4n) is 4.40. The highest BCUT2D eigenvalue weighted by Crippen LogP contribution is 2.26. The first-order valence-corrected chi connectivity index (χ1v) is 10.9. The number of carbonyl (C=O) groups is 3. The van der Waals surface area contributed by atoms with Gasteiger partial charge < -0.3 is 16.0 Å². The Balaban J connectivity index is 1.28. The van der Waals surface area contributed by atoms with Gasteiger partial charge in [0.05, 0.1) is 6.04 Å². The summed E-state index contributed by atoms with van der Waals surface area (Å²) in [5, 5.41) is 8.82. The molecule has 7 nitrogen and oxygen atoms in total. The third kappa shape index (κ3) is 5.31. The van der Waals surface area contributed by atoms with Crippen LogP contribution in [0.25, 0.3) is 0 Å². The zero-order chi connectivity index (χ0) is 22.5. The van der Waals surface area contributed by atoms with Crippen molar-refractivity contribution in [1.29, 1.82) is 0 Å². The highest BCUT2D eigenvalue weighted by molar-refractivity contribution is 5.94. The minimum absolute atomic E-state index is 0.0292. The Morgan fingerprint density at radius 2 is 1.84 bits per heavy atom. The number of benzene rings is 2. The van der Waals surface area contributed by atoms with Crippen LogP contribution >= 0.6 is 0 Å². The molecule has 3 atom stereocenters. The summed E-state index contributed by atoms with van der Waals surface area (Å²) in [5.41, 5.74) is 1.43. The molecule has 4 rings (SSSR count). The second kappa shape index (κ2) is 9.91. The lowest BCUT2D eigenvalue weighted by molar-refractivity contribution is -0.129. The first-order valence-electron chi connectivity index (χ1n) is 10.9. The highest BCUT2D eigenvalue weighted by Gasteiger charge is 2.43. The topological polar surface area (TPSA) is 90.5 Å².